The number of aliphatic hydroxyl groups is 1. The van der Waals surface area contributed by atoms with Gasteiger partial charge in [-0.2, -0.15) is 0 Å². The zero-order valence-electron chi connectivity index (χ0n) is 14.5. The molecule has 4 nitrogen and oxygen atoms in total. The predicted molar refractivity (Wildman–Crippen MR) is 104 cm³/mol. The van der Waals surface area contributed by atoms with Crippen molar-refractivity contribution in [1.29, 1.82) is 0 Å². The van der Waals surface area contributed by atoms with E-state index in [0.29, 0.717) is 0 Å². The number of hydrogen-bond acceptors (Lipinski definition) is 4. The number of para-hydroxylation sites is 1. The van der Waals surface area contributed by atoms with Crippen LogP contribution in [-0.4, -0.2) is 30.0 Å². The van der Waals surface area contributed by atoms with Crippen molar-refractivity contribution in [2.45, 2.75) is 11.5 Å². The number of aliphatic hydroxyl groups excluding tert-OH is 1. The molecule has 2 atom stereocenters. The van der Waals surface area contributed by atoms with Crippen LogP contribution in [0.3, 0.4) is 0 Å². The molecular weight excluding hydrogens is 324 g/mol. The second-order valence-corrected chi connectivity index (χ2v) is 6.35. The second-order valence-electron chi connectivity index (χ2n) is 6.35. The Kier molecular flexibility index (Phi) is 4.27. The van der Waals surface area contributed by atoms with Gasteiger partial charge in [-0.15, -0.1) is 0 Å². The van der Waals surface area contributed by atoms with Crippen LogP contribution < -0.4 is 4.74 Å². The van der Waals surface area contributed by atoms with Gasteiger partial charge in [0.2, 0.25) is 0 Å². The van der Waals surface area contributed by atoms with Gasteiger partial charge in [0.05, 0.1) is 19.2 Å². The molecule has 2 heterocycles. The lowest BCUT2D eigenvalue weighted by Gasteiger charge is -2.34. The van der Waals surface area contributed by atoms with E-state index in [9.17, 15) is 5.11 Å². The lowest BCUT2D eigenvalue weighted by Crippen LogP contribution is -2.31. The van der Waals surface area contributed by atoms with Crippen molar-refractivity contribution >= 4 is 17.1 Å². The normalized spacial score (nSPS) is 19.8. The van der Waals surface area contributed by atoms with Crippen molar-refractivity contribution in [1.82, 2.24) is 4.98 Å². The minimum atomic E-state index is -0.661. The van der Waals surface area contributed by atoms with Crippen LogP contribution in [0.15, 0.2) is 77.9 Å². The van der Waals surface area contributed by atoms with E-state index in [2.05, 4.69) is 17.1 Å². The molecule has 0 fully saturated rings. The molecule has 4 heteroatoms. The Morgan fingerprint density at radius 1 is 1.08 bits per heavy atom. The molecule has 26 heavy (non-hydrogen) atoms. The highest BCUT2D eigenvalue weighted by Crippen LogP contribution is 2.45. The summed E-state index contributed by atoms with van der Waals surface area (Å²) in [5.74, 6) is 0.577. The first-order valence-electron chi connectivity index (χ1n) is 8.60. The molecule has 1 aromatic heterocycles. The van der Waals surface area contributed by atoms with Crippen molar-refractivity contribution in [3.8, 4) is 5.75 Å². The first kappa shape index (κ1) is 16.5. The van der Waals surface area contributed by atoms with E-state index < -0.39 is 5.54 Å². The van der Waals surface area contributed by atoms with E-state index >= 15 is 0 Å². The topological polar surface area (TPSA) is 54.7 Å². The minimum absolute atomic E-state index is 0.0232. The summed E-state index contributed by atoms with van der Waals surface area (Å²) in [6.07, 6.45) is 7.63. The molecule has 0 spiro atoms. The molecule has 0 saturated carbocycles. The van der Waals surface area contributed by atoms with E-state index in [-0.39, 0.29) is 12.5 Å². The fraction of sp³-hybridized carbons (Fsp3) is 0.182. The third-order valence-electron chi connectivity index (χ3n) is 5.04. The van der Waals surface area contributed by atoms with Crippen LogP contribution in [-0.2, 0) is 5.54 Å². The number of benzene rings is 2. The summed E-state index contributed by atoms with van der Waals surface area (Å²) in [4.78, 5) is 9.29. The van der Waals surface area contributed by atoms with Crippen molar-refractivity contribution in [3.05, 3.63) is 84.1 Å². The van der Waals surface area contributed by atoms with Crippen molar-refractivity contribution in [3.63, 3.8) is 0 Å². The maximum absolute atomic E-state index is 10.3. The molecule has 1 aliphatic rings. The molecule has 2 unspecified atom stereocenters. The Morgan fingerprint density at radius 3 is 2.58 bits per heavy atom. The van der Waals surface area contributed by atoms with Crippen LogP contribution in [0.4, 0.5) is 0 Å². The molecule has 0 saturated heterocycles. The average molecular weight is 344 g/mol. The Balaban J connectivity index is 1.90. The summed E-state index contributed by atoms with van der Waals surface area (Å²) in [6.45, 7) is -0.0232. The van der Waals surface area contributed by atoms with Gasteiger partial charge in [0.1, 0.15) is 11.3 Å². The number of aromatic nitrogens is 1. The number of rotatable bonds is 5. The van der Waals surface area contributed by atoms with Gasteiger partial charge in [0.25, 0.3) is 0 Å². The highest BCUT2D eigenvalue weighted by molar-refractivity contribution is 5.86. The monoisotopic (exact) mass is 344 g/mol. The molecule has 3 aromatic rings. The maximum Gasteiger partial charge on any atom is 0.118 e. The lowest BCUT2D eigenvalue weighted by molar-refractivity contribution is 0.228. The van der Waals surface area contributed by atoms with Gasteiger partial charge in [0, 0.05) is 23.7 Å². The summed E-state index contributed by atoms with van der Waals surface area (Å²) >= 11 is 0. The third kappa shape index (κ3) is 2.59. The van der Waals surface area contributed by atoms with Crippen molar-refractivity contribution in [2.75, 3.05) is 13.7 Å². The zero-order chi connectivity index (χ0) is 18.0. The fourth-order valence-corrected chi connectivity index (χ4v) is 3.73. The van der Waals surface area contributed by atoms with Crippen molar-refractivity contribution < 1.29 is 9.84 Å². The number of hydrogen-bond donors (Lipinski definition) is 1. The fourth-order valence-electron chi connectivity index (χ4n) is 3.73. The molecule has 2 aromatic carbocycles. The molecule has 0 bridgehead atoms. The number of fused-ring (bicyclic) bond motifs is 1. The molecule has 130 valence electrons. The molecule has 0 amide bonds. The molecule has 1 N–H and O–H groups in total. The largest absolute Gasteiger partial charge is 0.497 e. The average Bonchev–Trinajstić information content (AvgIpc) is 3.19. The van der Waals surface area contributed by atoms with Crippen LogP contribution in [0.25, 0.3) is 10.9 Å². The van der Waals surface area contributed by atoms with Crippen molar-refractivity contribution in [2.24, 2.45) is 4.99 Å². The van der Waals surface area contributed by atoms with Crippen LogP contribution in [0.1, 0.15) is 17.0 Å². The smallest absolute Gasteiger partial charge is 0.118 e. The van der Waals surface area contributed by atoms with E-state index in [1.165, 1.54) is 0 Å². The Bertz CT molecular complexity index is 960. The summed E-state index contributed by atoms with van der Waals surface area (Å²) in [5, 5.41) is 11.4. The molecule has 0 radical (unpaired) electrons. The standard InChI is InChI=1S/C22H20N2O2/c1-26-17-9-7-16(8-10-17)20(15-25)22(12-4-13-24-22)19-11-14-23-21-6-3-2-5-18(19)21/h2-14,20,25H,15H2,1H3. The van der Waals surface area contributed by atoms with E-state index in [4.69, 9.17) is 9.73 Å². The van der Waals surface area contributed by atoms with Gasteiger partial charge in [0.15, 0.2) is 0 Å². The highest BCUT2D eigenvalue weighted by atomic mass is 16.5. The third-order valence-corrected chi connectivity index (χ3v) is 5.04. The first-order valence-corrected chi connectivity index (χ1v) is 8.60. The number of allylic oxidation sites excluding steroid dienone is 1. The van der Waals surface area contributed by atoms with Gasteiger partial charge < -0.3 is 9.84 Å². The van der Waals surface area contributed by atoms with Crippen LogP contribution in [0, 0.1) is 0 Å². The van der Waals surface area contributed by atoms with E-state index in [0.717, 1.165) is 27.8 Å². The SMILES string of the molecule is COc1ccc(C(CO)C2(c3ccnc4ccccc34)C=CC=N2)cc1. The number of aliphatic imine (C=N–C) groups is 1. The number of methoxy groups -OCH3 is 1. The summed E-state index contributed by atoms with van der Waals surface area (Å²) in [6, 6.07) is 17.9. The van der Waals surface area contributed by atoms with Crippen LogP contribution >= 0.6 is 0 Å². The summed E-state index contributed by atoms with van der Waals surface area (Å²) < 4.78 is 5.26. The van der Waals surface area contributed by atoms with Gasteiger partial charge in [-0.05, 0) is 41.5 Å². The van der Waals surface area contributed by atoms with E-state index in [1.54, 1.807) is 13.3 Å². The highest BCUT2D eigenvalue weighted by Gasteiger charge is 2.41. The van der Waals surface area contributed by atoms with E-state index in [1.807, 2.05) is 60.8 Å². The van der Waals surface area contributed by atoms with Crippen LogP contribution in [0.5, 0.6) is 5.75 Å². The lowest BCUT2D eigenvalue weighted by atomic mass is 9.74. The minimum Gasteiger partial charge on any atom is -0.497 e. The number of nitrogens with zero attached hydrogens (tertiary/aromatic N) is 2. The van der Waals surface area contributed by atoms with Crippen LogP contribution in [0.2, 0.25) is 0 Å². The molecule has 4 rings (SSSR count). The number of ether oxygens (including phenoxy) is 1. The zero-order valence-corrected chi connectivity index (χ0v) is 14.5. The Morgan fingerprint density at radius 2 is 1.88 bits per heavy atom. The summed E-state index contributed by atoms with van der Waals surface area (Å²) in [7, 11) is 1.65. The van der Waals surface area contributed by atoms with Gasteiger partial charge in [-0.1, -0.05) is 36.4 Å². The van der Waals surface area contributed by atoms with Gasteiger partial charge in [-0.25, -0.2) is 0 Å². The van der Waals surface area contributed by atoms with Gasteiger partial charge in [-0.3, -0.25) is 9.98 Å². The second kappa shape index (κ2) is 6.73. The molecule has 1 aliphatic heterocycles. The quantitative estimate of drug-likeness (QED) is 0.765. The Hall–Kier alpha value is -2.98. The molecular formula is C22H20N2O2. The van der Waals surface area contributed by atoms with Gasteiger partial charge >= 0.3 is 0 Å². The maximum atomic E-state index is 10.3. The predicted octanol–water partition coefficient (Wildman–Crippen LogP) is 3.86. The molecule has 0 aliphatic carbocycles. The first-order chi connectivity index (χ1) is 12.8. The number of pyridine rings is 1. The Labute approximate surface area is 152 Å². The summed E-state index contributed by atoms with van der Waals surface area (Å²) in [5.41, 5.74) is 2.32.